The molecule has 1 atom stereocenters. The summed E-state index contributed by atoms with van der Waals surface area (Å²) in [6, 6.07) is 9.54. The predicted octanol–water partition coefficient (Wildman–Crippen LogP) is 2.81. The molecule has 34 heavy (non-hydrogen) atoms. The molecule has 2 aromatic rings. The molecule has 4 rings (SSSR count). The molecule has 180 valence electrons. The average molecular weight is 471 g/mol. The highest BCUT2D eigenvalue weighted by Crippen LogP contribution is 2.46. The molecule has 1 aliphatic carbocycles. The van der Waals surface area contributed by atoms with Crippen molar-refractivity contribution in [3.63, 3.8) is 0 Å². The fourth-order valence-electron chi connectivity index (χ4n) is 4.45. The summed E-state index contributed by atoms with van der Waals surface area (Å²) >= 11 is 0. The number of H-pyrrole nitrogens is 1. The highest BCUT2D eigenvalue weighted by Gasteiger charge is 2.51. The number of allylic oxidation sites excluding steroid dienone is 1. The third-order valence-electron chi connectivity index (χ3n) is 6.72. The van der Waals surface area contributed by atoms with Crippen molar-refractivity contribution in [1.82, 2.24) is 25.7 Å². The lowest BCUT2D eigenvalue weighted by Crippen LogP contribution is -2.50. The molecule has 0 bridgehead atoms. The van der Waals surface area contributed by atoms with E-state index in [-0.39, 0.29) is 35.3 Å². The van der Waals surface area contributed by atoms with E-state index in [2.05, 4.69) is 20.8 Å². The highest BCUT2D eigenvalue weighted by atomic mass is 19.3. The molecule has 1 aliphatic heterocycles. The van der Waals surface area contributed by atoms with E-state index >= 15 is 0 Å². The van der Waals surface area contributed by atoms with Crippen molar-refractivity contribution >= 4 is 18.5 Å². The van der Waals surface area contributed by atoms with Crippen LogP contribution in [0.4, 0.5) is 8.78 Å². The van der Waals surface area contributed by atoms with Crippen molar-refractivity contribution in [2.75, 3.05) is 13.1 Å². The van der Waals surface area contributed by atoms with Gasteiger partial charge in [0.25, 0.3) is 11.8 Å². The number of hydrogen-bond donors (Lipinski definition) is 4. The number of fused-ring (bicyclic) bond motifs is 1. The lowest BCUT2D eigenvalue weighted by atomic mass is 9.73. The van der Waals surface area contributed by atoms with Crippen molar-refractivity contribution < 1.29 is 18.4 Å². The molecule has 0 radical (unpaired) electrons. The number of halogens is 2. The lowest BCUT2D eigenvalue weighted by molar-refractivity contribution is -0.124. The van der Waals surface area contributed by atoms with E-state index in [0.29, 0.717) is 18.8 Å². The molecule has 0 saturated carbocycles. The van der Waals surface area contributed by atoms with Crippen LogP contribution in [0.15, 0.2) is 42.2 Å². The van der Waals surface area contributed by atoms with Crippen LogP contribution in [0.2, 0.25) is 0 Å². The molecule has 10 heteroatoms. The summed E-state index contributed by atoms with van der Waals surface area (Å²) in [7, 11) is 0. The number of rotatable bonds is 8. The van der Waals surface area contributed by atoms with Crippen LogP contribution in [0.25, 0.3) is 0 Å². The Morgan fingerprint density at radius 1 is 1.26 bits per heavy atom. The van der Waals surface area contributed by atoms with Gasteiger partial charge in [0.05, 0.1) is 11.7 Å². The van der Waals surface area contributed by atoms with E-state index in [9.17, 15) is 18.4 Å². The number of aromatic amines is 1. The molecule has 2 amide bonds. The van der Waals surface area contributed by atoms with Crippen molar-refractivity contribution in [3.8, 4) is 0 Å². The van der Waals surface area contributed by atoms with Crippen LogP contribution >= 0.6 is 0 Å². The highest BCUT2D eigenvalue weighted by molar-refractivity contribution is 5.98. The van der Waals surface area contributed by atoms with Crippen LogP contribution in [-0.2, 0) is 17.6 Å². The smallest absolute Gasteiger partial charge is 0.276 e. The number of benzene rings is 1. The first kappa shape index (κ1) is 23.6. The Morgan fingerprint density at radius 2 is 1.97 bits per heavy atom. The predicted molar refractivity (Wildman–Crippen MR) is 123 cm³/mol. The van der Waals surface area contributed by atoms with Crippen LogP contribution in [0.1, 0.15) is 47.2 Å². The van der Waals surface area contributed by atoms with Crippen LogP contribution in [0.5, 0.6) is 0 Å². The first-order chi connectivity index (χ1) is 16.1. The van der Waals surface area contributed by atoms with Gasteiger partial charge in [0, 0.05) is 60.9 Å². The molecular formula is C24H28F2N6O2. The van der Waals surface area contributed by atoms with Gasteiger partial charge >= 0.3 is 0 Å². The molecule has 1 unspecified atom stereocenters. The summed E-state index contributed by atoms with van der Waals surface area (Å²) in [5.74, 6) is -3.46. The van der Waals surface area contributed by atoms with Gasteiger partial charge in [-0.3, -0.25) is 14.7 Å². The summed E-state index contributed by atoms with van der Waals surface area (Å²) < 4.78 is 29.2. The topological polar surface area (TPSA) is 114 Å². The largest absolute Gasteiger partial charge is 0.382 e. The van der Waals surface area contributed by atoms with Gasteiger partial charge in [-0.2, -0.15) is 5.10 Å². The van der Waals surface area contributed by atoms with E-state index in [4.69, 9.17) is 5.41 Å². The minimum Gasteiger partial charge on any atom is -0.382 e. The first-order valence-electron chi connectivity index (χ1n) is 11.1. The molecular weight excluding hydrogens is 442 g/mol. The van der Waals surface area contributed by atoms with Crippen molar-refractivity contribution in [1.29, 1.82) is 5.41 Å². The Balaban J connectivity index is 1.49. The molecule has 1 fully saturated rings. The summed E-state index contributed by atoms with van der Waals surface area (Å²) in [4.78, 5) is 25.5. The van der Waals surface area contributed by atoms with Gasteiger partial charge in [-0.15, -0.1) is 0 Å². The van der Waals surface area contributed by atoms with Crippen molar-refractivity contribution in [2.45, 2.75) is 38.7 Å². The third kappa shape index (κ3) is 4.44. The van der Waals surface area contributed by atoms with Crippen LogP contribution in [0.3, 0.4) is 0 Å². The normalized spacial score (nSPS) is 20.0. The van der Waals surface area contributed by atoms with Gasteiger partial charge in [0.1, 0.15) is 0 Å². The zero-order valence-corrected chi connectivity index (χ0v) is 19.1. The second-order valence-electron chi connectivity index (χ2n) is 9.54. The van der Waals surface area contributed by atoms with E-state index < -0.39 is 23.7 Å². The van der Waals surface area contributed by atoms with Crippen LogP contribution in [-0.4, -0.2) is 52.6 Å². The Hall–Kier alpha value is -3.56. The van der Waals surface area contributed by atoms with Gasteiger partial charge in [0.2, 0.25) is 6.41 Å². The van der Waals surface area contributed by atoms with Gasteiger partial charge < -0.3 is 20.9 Å². The minimum atomic E-state index is -2.97. The van der Waals surface area contributed by atoms with Gasteiger partial charge in [-0.05, 0) is 5.56 Å². The number of hydrogen-bond acceptors (Lipinski definition) is 5. The lowest BCUT2D eigenvalue weighted by Gasteiger charge is -2.41. The fourth-order valence-corrected chi connectivity index (χ4v) is 4.45. The molecule has 2 heterocycles. The minimum absolute atomic E-state index is 0.0850. The first-order valence-corrected chi connectivity index (χ1v) is 11.1. The molecule has 8 nitrogen and oxygen atoms in total. The molecule has 1 aromatic heterocycles. The van der Waals surface area contributed by atoms with Gasteiger partial charge in [0.15, 0.2) is 5.69 Å². The van der Waals surface area contributed by atoms with E-state index in [1.807, 2.05) is 30.3 Å². The molecule has 1 aromatic carbocycles. The number of nitrogens with one attached hydrogen (secondary N) is 4. The fraction of sp³-hybridized carbons (Fsp3) is 0.417. The summed E-state index contributed by atoms with van der Waals surface area (Å²) in [5.41, 5.74) is 0.599. The molecule has 0 spiro atoms. The summed E-state index contributed by atoms with van der Waals surface area (Å²) in [6.07, 6.45) is 2.82. The molecule has 2 aliphatic rings. The van der Waals surface area contributed by atoms with Crippen molar-refractivity contribution in [3.05, 3.63) is 64.7 Å². The standard InChI is InChI=1S/C24H28F2N6O2/c1-23(2)9-19-18(8-24(23,25)26)21(31-30-19)22(34)29-17(10-27)11-28-20(15-6-4-3-5-7-15)16-12-32(13-16)14-33/h3-7,10-11,14,16,20,27-28H,8-9,12-13H2,1-2H3,(H,29,34)(H,30,31)/b17-11+,27-10?. The number of carbonyl (C=O) groups is 2. The summed E-state index contributed by atoms with van der Waals surface area (Å²) in [6.45, 7) is 4.19. The maximum Gasteiger partial charge on any atom is 0.276 e. The van der Waals surface area contributed by atoms with E-state index in [1.165, 1.54) is 20.0 Å². The number of aromatic nitrogens is 2. The van der Waals surface area contributed by atoms with Crippen LogP contribution < -0.4 is 10.6 Å². The quantitative estimate of drug-likeness (QED) is 0.351. The van der Waals surface area contributed by atoms with E-state index in [0.717, 1.165) is 18.2 Å². The van der Waals surface area contributed by atoms with Gasteiger partial charge in [-0.1, -0.05) is 44.2 Å². The van der Waals surface area contributed by atoms with Gasteiger partial charge in [-0.25, -0.2) is 8.78 Å². The molecule has 1 saturated heterocycles. The van der Waals surface area contributed by atoms with Crippen LogP contribution in [0, 0.1) is 16.7 Å². The molecule has 4 N–H and O–H groups in total. The number of alkyl halides is 2. The second-order valence-corrected chi connectivity index (χ2v) is 9.54. The number of likely N-dealkylation sites (tertiary alicyclic amines) is 1. The second kappa shape index (κ2) is 9.00. The Bertz CT molecular complexity index is 1110. The maximum atomic E-state index is 14.6. The number of carbonyl (C=O) groups excluding carboxylic acids is 2. The van der Waals surface area contributed by atoms with Crippen molar-refractivity contribution in [2.24, 2.45) is 11.3 Å². The SMILES string of the molecule is CC1(C)Cc2[nH]nc(C(=O)N/C(C=N)=C/NC(c3ccccc3)C3CN(C=O)C3)c2CC1(F)F. The Labute approximate surface area is 196 Å². The Kier molecular flexibility index (Phi) is 6.24. The average Bonchev–Trinajstić information content (AvgIpc) is 3.15. The zero-order chi connectivity index (χ0) is 24.5. The number of amides is 2. The maximum absolute atomic E-state index is 14.6. The number of nitrogens with zero attached hydrogens (tertiary/aromatic N) is 2. The monoisotopic (exact) mass is 470 g/mol. The Morgan fingerprint density at radius 3 is 2.62 bits per heavy atom. The zero-order valence-electron chi connectivity index (χ0n) is 19.1. The van der Waals surface area contributed by atoms with E-state index in [1.54, 1.807) is 4.90 Å². The third-order valence-corrected chi connectivity index (χ3v) is 6.72. The summed E-state index contributed by atoms with van der Waals surface area (Å²) in [5, 5.41) is 20.3.